The number of benzene rings is 1. The fraction of sp³-hybridized carbons (Fsp3) is 0.611. The second-order valence-electron chi connectivity index (χ2n) is 7.26. The Labute approximate surface area is 135 Å². The van der Waals surface area contributed by atoms with Crippen LogP contribution >= 0.6 is 0 Å². The molecule has 5 heteroatoms. The van der Waals surface area contributed by atoms with Crippen molar-refractivity contribution in [2.24, 2.45) is 5.92 Å². The average molecular weight is 315 g/mol. The maximum Gasteiger partial charge on any atom is 0.174 e. The SMILES string of the molecule is COc1ccc2c3c1O[C@@H]1C(=O)CC[C@@H]4C(C2)N(CO)CC[C@@]314. The van der Waals surface area contributed by atoms with Crippen LogP contribution in [0.15, 0.2) is 12.1 Å². The molecular formula is C18H21NO4. The van der Waals surface area contributed by atoms with Crippen LogP contribution in [0, 0.1) is 5.92 Å². The molecule has 2 aliphatic carbocycles. The molecule has 0 amide bonds. The van der Waals surface area contributed by atoms with Crippen molar-refractivity contribution in [2.45, 2.75) is 43.2 Å². The van der Waals surface area contributed by atoms with Gasteiger partial charge in [-0.25, -0.2) is 0 Å². The maximum absolute atomic E-state index is 12.6. The number of Topliss-reactive ketones (excluding diaryl/α,β-unsaturated/α-hetero) is 1. The van der Waals surface area contributed by atoms with Crippen molar-refractivity contribution in [1.82, 2.24) is 4.90 Å². The minimum Gasteiger partial charge on any atom is -0.493 e. The molecular weight excluding hydrogens is 294 g/mol. The number of piperidine rings is 1. The van der Waals surface area contributed by atoms with Crippen LogP contribution < -0.4 is 9.47 Å². The Morgan fingerprint density at radius 3 is 3.13 bits per heavy atom. The highest BCUT2D eigenvalue weighted by molar-refractivity contribution is 5.89. The minimum absolute atomic E-state index is 0.0923. The highest BCUT2D eigenvalue weighted by atomic mass is 16.5. The lowest BCUT2D eigenvalue weighted by Gasteiger charge is -2.57. The molecule has 23 heavy (non-hydrogen) atoms. The van der Waals surface area contributed by atoms with E-state index in [0.717, 1.165) is 37.3 Å². The molecule has 4 aliphatic rings. The molecule has 1 aromatic carbocycles. The molecule has 5 nitrogen and oxygen atoms in total. The van der Waals surface area contributed by atoms with Crippen LogP contribution in [0.4, 0.5) is 0 Å². The second-order valence-corrected chi connectivity index (χ2v) is 7.26. The molecule has 1 aromatic rings. The van der Waals surface area contributed by atoms with E-state index in [4.69, 9.17) is 9.47 Å². The minimum atomic E-state index is -0.366. The molecule has 122 valence electrons. The first-order valence-electron chi connectivity index (χ1n) is 8.45. The van der Waals surface area contributed by atoms with E-state index in [9.17, 15) is 9.90 Å². The van der Waals surface area contributed by atoms with Crippen LogP contribution in [-0.2, 0) is 16.6 Å². The molecule has 0 aromatic heterocycles. The number of aliphatic hydroxyl groups is 1. The average Bonchev–Trinajstić information content (AvgIpc) is 2.91. The van der Waals surface area contributed by atoms with Crippen molar-refractivity contribution in [3.05, 3.63) is 23.3 Å². The molecule has 1 saturated carbocycles. The standard InChI is InChI=1S/C18H21NO4/c1-22-14-5-2-10-8-12-11-3-4-13(21)17-18(11,6-7-19(12)9-20)15(10)16(14)23-17/h2,5,11-12,17,20H,3-4,6-9H2,1H3/t11-,12?,17-,18-/m1/s1. The molecule has 1 saturated heterocycles. The Hall–Kier alpha value is -1.59. The van der Waals surface area contributed by atoms with Crippen molar-refractivity contribution in [2.75, 3.05) is 20.4 Å². The van der Waals surface area contributed by atoms with E-state index < -0.39 is 0 Å². The number of ketones is 1. The lowest BCUT2D eigenvalue weighted by molar-refractivity contribution is -0.140. The number of rotatable bonds is 2. The molecule has 1 N–H and O–H groups in total. The smallest absolute Gasteiger partial charge is 0.174 e. The fourth-order valence-corrected chi connectivity index (χ4v) is 5.73. The summed E-state index contributed by atoms with van der Waals surface area (Å²) in [6.07, 6.45) is 2.91. The molecule has 5 rings (SSSR count). The van der Waals surface area contributed by atoms with Gasteiger partial charge < -0.3 is 14.6 Å². The van der Waals surface area contributed by atoms with E-state index >= 15 is 0 Å². The van der Waals surface area contributed by atoms with E-state index in [1.165, 1.54) is 11.1 Å². The van der Waals surface area contributed by atoms with Crippen LogP contribution in [0.2, 0.25) is 0 Å². The van der Waals surface area contributed by atoms with Crippen LogP contribution in [0.1, 0.15) is 30.4 Å². The molecule has 4 atom stereocenters. The van der Waals surface area contributed by atoms with E-state index in [2.05, 4.69) is 11.0 Å². The monoisotopic (exact) mass is 315 g/mol. The predicted octanol–water partition coefficient (Wildman–Crippen LogP) is 1.25. The van der Waals surface area contributed by atoms with E-state index in [-0.39, 0.29) is 24.0 Å². The number of hydrogen-bond donors (Lipinski definition) is 1. The molecule has 1 unspecified atom stereocenters. The third-order valence-electron chi connectivity index (χ3n) is 6.61. The summed E-state index contributed by atoms with van der Waals surface area (Å²) in [6, 6.07) is 4.38. The first-order chi connectivity index (χ1) is 11.2. The number of aliphatic hydroxyl groups excluding tert-OH is 1. The molecule has 2 aliphatic heterocycles. The van der Waals surface area contributed by atoms with E-state index in [1.807, 2.05) is 6.07 Å². The van der Waals surface area contributed by atoms with Gasteiger partial charge in [0.1, 0.15) is 0 Å². The summed E-state index contributed by atoms with van der Waals surface area (Å²) in [7, 11) is 1.65. The Bertz CT molecular complexity index is 703. The number of likely N-dealkylation sites (tertiary alicyclic amines) is 1. The molecule has 1 spiro atoms. The molecule has 2 heterocycles. The summed E-state index contributed by atoms with van der Waals surface area (Å²) >= 11 is 0. The van der Waals surface area contributed by atoms with Crippen LogP contribution in [-0.4, -0.2) is 48.3 Å². The van der Waals surface area contributed by atoms with E-state index in [0.29, 0.717) is 18.4 Å². The van der Waals surface area contributed by atoms with Crippen molar-refractivity contribution >= 4 is 5.78 Å². The zero-order chi connectivity index (χ0) is 15.8. The Morgan fingerprint density at radius 1 is 1.48 bits per heavy atom. The first-order valence-corrected chi connectivity index (χ1v) is 8.45. The van der Waals surface area contributed by atoms with Crippen molar-refractivity contribution < 1.29 is 19.4 Å². The van der Waals surface area contributed by atoms with Gasteiger partial charge in [0.15, 0.2) is 23.4 Å². The third-order valence-corrected chi connectivity index (χ3v) is 6.61. The lowest BCUT2D eigenvalue weighted by atomic mass is 9.51. The highest BCUT2D eigenvalue weighted by Crippen LogP contribution is 2.63. The number of nitrogens with zero attached hydrogens (tertiary/aromatic N) is 1. The zero-order valence-corrected chi connectivity index (χ0v) is 13.2. The van der Waals surface area contributed by atoms with Gasteiger partial charge in [0.05, 0.1) is 13.8 Å². The van der Waals surface area contributed by atoms with Crippen LogP contribution in [0.5, 0.6) is 11.5 Å². The second kappa shape index (κ2) is 4.48. The van der Waals surface area contributed by atoms with E-state index in [1.54, 1.807) is 7.11 Å². The Balaban J connectivity index is 1.78. The maximum atomic E-state index is 12.6. The Kier molecular flexibility index (Phi) is 2.69. The number of ether oxygens (including phenoxy) is 2. The Morgan fingerprint density at radius 2 is 2.35 bits per heavy atom. The quantitative estimate of drug-likeness (QED) is 0.890. The van der Waals surface area contributed by atoms with Crippen molar-refractivity contribution in [3.63, 3.8) is 0 Å². The topological polar surface area (TPSA) is 59.0 Å². The largest absolute Gasteiger partial charge is 0.493 e. The van der Waals surface area contributed by atoms with Gasteiger partial charge in [-0.05, 0) is 36.8 Å². The van der Waals surface area contributed by atoms with Crippen molar-refractivity contribution in [1.29, 1.82) is 0 Å². The number of carbonyl (C=O) groups excluding carboxylic acids is 1. The van der Waals surface area contributed by atoms with Crippen LogP contribution in [0.3, 0.4) is 0 Å². The lowest BCUT2D eigenvalue weighted by Crippen LogP contribution is -2.66. The van der Waals surface area contributed by atoms with Gasteiger partial charge in [-0.1, -0.05) is 6.07 Å². The van der Waals surface area contributed by atoms with Crippen LogP contribution in [0.25, 0.3) is 0 Å². The van der Waals surface area contributed by atoms with Gasteiger partial charge in [0, 0.05) is 30.0 Å². The summed E-state index contributed by atoms with van der Waals surface area (Å²) in [5, 5.41) is 9.76. The normalized spacial score (nSPS) is 37.3. The van der Waals surface area contributed by atoms with Gasteiger partial charge in [0.25, 0.3) is 0 Å². The third kappa shape index (κ3) is 1.48. The van der Waals surface area contributed by atoms with Gasteiger partial charge in [-0.2, -0.15) is 0 Å². The zero-order valence-electron chi connectivity index (χ0n) is 13.2. The predicted molar refractivity (Wildman–Crippen MR) is 82.7 cm³/mol. The first kappa shape index (κ1) is 13.8. The number of methoxy groups -OCH3 is 1. The summed E-state index contributed by atoms with van der Waals surface area (Å²) < 4.78 is 11.7. The van der Waals surface area contributed by atoms with Gasteiger partial charge in [0.2, 0.25) is 0 Å². The molecule has 2 bridgehead atoms. The summed E-state index contributed by atoms with van der Waals surface area (Å²) in [5.41, 5.74) is 2.29. The van der Waals surface area contributed by atoms with Gasteiger partial charge >= 0.3 is 0 Å². The summed E-state index contributed by atoms with van der Waals surface area (Å²) in [4.78, 5) is 14.8. The summed E-state index contributed by atoms with van der Waals surface area (Å²) in [5.74, 6) is 2.14. The molecule has 2 fully saturated rings. The van der Waals surface area contributed by atoms with Gasteiger partial charge in [-0.3, -0.25) is 9.69 Å². The fourth-order valence-electron chi connectivity index (χ4n) is 5.73. The highest BCUT2D eigenvalue weighted by Gasteiger charge is 2.65. The number of hydrogen-bond acceptors (Lipinski definition) is 5. The van der Waals surface area contributed by atoms with Crippen molar-refractivity contribution in [3.8, 4) is 11.5 Å². The summed E-state index contributed by atoms with van der Waals surface area (Å²) in [6.45, 7) is 0.913. The number of carbonyl (C=O) groups is 1. The molecule has 0 radical (unpaired) electrons. The van der Waals surface area contributed by atoms with Gasteiger partial charge in [-0.15, -0.1) is 0 Å².